The van der Waals surface area contributed by atoms with E-state index in [0.717, 1.165) is 5.75 Å². The van der Waals surface area contributed by atoms with Crippen LogP contribution in [0.1, 0.15) is 24.2 Å². The van der Waals surface area contributed by atoms with Crippen molar-refractivity contribution in [1.82, 2.24) is 4.98 Å². The smallest absolute Gasteiger partial charge is 0.255 e. The summed E-state index contributed by atoms with van der Waals surface area (Å²) in [6, 6.07) is 10.6. The molecule has 2 rings (SSSR count). The number of aromatic nitrogens is 1. The number of nitrogens with one attached hydrogen (secondary N) is 1. The van der Waals surface area contributed by atoms with Crippen LogP contribution in [0.4, 0.5) is 5.69 Å². The third-order valence-electron chi connectivity index (χ3n) is 2.41. The summed E-state index contributed by atoms with van der Waals surface area (Å²) in [4.78, 5) is 15.9. The molecule has 4 nitrogen and oxygen atoms in total. The molecule has 0 unspecified atom stereocenters. The number of nitrogens with zero attached hydrogens (tertiary/aromatic N) is 1. The maximum absolute atomic E-state index is 12.0. The second-order valence-electron chi connectivity index (χ2n) is 4.39. The molecule has 0 saturated heterocycles. The van der Waals surface area contributed by atoms with Gasteiger partial charge in [-0.1, -0.05) is 0 Å². The fourth-order valence-electron chi connectivity index (χ4n) is 1.60. The second kappa shape index (κ2) is 6.00. The molecule has 1 aromatic carbocycles. The third kappa shape index (κ3) is 3.81. The number of amides is 1. The van der Waals surface area contributed by atoms with E-state index in [4.69, 9.17) is 4.74 Å². The maximum Gasteiger partial charge on any atom is 0.255 e. The first-order chi connectivity index (χ1) is 9.15. The normalized spacial score (nSPS) is 10.3. The Morgan fingerprint density at radius 1 is 1.21 bits per heavy atom. The van der Waals surface area contributed by atoms with Crippen molar-refractivity contribution in [2.75, 3.05) is 5.32 Å². The average molecular weight is 256 g/mol. The van der Waals surface area contributed by atoms with Crippen LogP contribution in [-0.4, -0.2) is 17.0 Å². The number of hydrogen-bond donors (Lipinski definition) is 1. The average Bonchev–Trinajstić information content (AvgIpc) is 2.40. The molecule has 0 atom stereocenters. The van der Waals surface area contributed by atoms with Gasteiger partial charge in [0.05, 0.1) is 18.0 Å². The summed E-state index contributed by atoms with van der Waals surface area (Å²) in [6.45, 7) is 3.92. The van der Waals surface area contributed by atoms with Crippen molar-refractivity contribution in [2.45, 2.75) is 20.0 Å². The number of pyridine rings is 1. The minimum atomic E-state index is -0.163. The molecule has 1 N–H and O–H groups in total. The van der Waals surface area contributed by atoms with E-state index in [-0.39, 0.29) is 12.0 Å². The number of anilines is 1. The molecule has 0 aliphatic heterocycles. The number of carbonyl (C=O) groups is 1. The van der Waals surface area contributed by atoms with E-state index in [1.165, 1.54) is 0 Å². The minimum absolute atomic E-state index is 0.120. The first-order valence-corrected chi connectivity index (χ1v) is 6.13. The van der Waals surface area contributed by atoms with E-state index in [1.807, 2.05) is 13.8 Å². The van der Waals surface area contributed by atoms with Crippen molar-refractivity contribution in [3.05, 3.63) is 54.4 Å². The molecule has 2 aromatic rings. The Balaban J connectivity index is 2.04. The lowest BCUT2D eigenvalue weighted by Gasteiger charge is -2.10. The first kappa shape index (κ1) is 13.1. The zero-order valence-corrected chi connectivity index (χ0v) is 11.0. The van der Waals surface area contributed by atoms with Gasteiger partial charge in [-0.15, -0.1) is 0 Å². The predicted octanol–water partition coefficient (Wildman–Crippen LogP) is 3.12. The van der Waals surface area contributed by atoms with Crippen LogP contribution in [0.15, 0.2) is 48.8 Å². The molecule has 4 heteroatoms. The van der Waals surface area contributed by atoms with Gasteiger partial charge in [0.15, 0.2) is 0 Å². The van der Waals surface area contributed by atoms with Gasteiger partial charge in [-0.05, 0) is 50.2 Å². The van der Waals surface area contributed by atoms with Crippen molar-refractivity contribution in [3.8, 4) is 5.75 Å². The van der Waals surface area contributed by atoms with E-state index in [1.54, 1.807) is 48.8 Å². The Morgan fingerprint density at radius 3 is 2.53 bits per heavy atom. The molecule has 1 heterocycles. The SMILES string of the molecule is CC(C)Oc1ccc(C(=O)Nc2cccnc2)cc1. The van der Waals surface area contributed by atoms with Crippen LogP contribution in [0.2, 0.25) is 0 Å². The summed E-state index contributed by atoms with van der Waals surface area (Å²) in [5.74, 6) is 0.594. The highest BCUT2D eigenvalue weighted by molar-refractivity contribution is 6.04. The lowest BCUT2D eigenvalue weighted by molar-refractivity contribution is 0.102. The van der Waals surface area contributed by atoms with E-state index >= 15 is 0 Å². The van der Waals surface area contributed by atoms with Crippen LogP contribution in [-0.2, 0) is 0 Å². The van der Waals surface area contributed by atoms with Crippen LogP contribution in [0.5, 0.6) is 5.75 Å². The number of benzene rings is 1. The molecule has 0 fully saturated rings. The topological polar surface area (TPSA) is 51.2 Å². The van der Waals surface area contributed by atoms with Crippen LogP contribution in [0.25, 0.3) is 0 Å². The molecule has 0 aliphatic carbocycles. The van der Waals surface area contributed by atoms with Crippen LogP contribution in [0, 0.1) is 0 Å². The van der Waals surface area contributed by atoms with Crippen molar-refractivity contribution in [2.24, 2.45) is 0 Å². The standard InChI is InChI=1S/C15H16N2O2/c1-11(2)19-14-7-5-12(6-8-14)15(18)17-13-4-3-9-16-10-13/h3-11H,1-2H3,(H,17,18). The van der Waals surface area contributed by atoms with Gasteiger partial charge in [-0.2, -0.15) is 0 Å². The molecular weight excluding hydrogens is 240 g/mol. The molecular formula is C15H16N2O2. The molecule has 98 valence electrons. The predicted molar refractivity (Wildman–Crippen MR) is 74.4 cm³/mol. The highest BCUT2D eigenvalue weighted by atomic mass is 16.5. The largest absolute Gasteiger partial charge is 0.491 e. The molecule has 19 heavy (non-hydrogen) atoms. The van der Waals surface area contributed by atoms with Crippen LogP contribution in [0.3, 0.4) is 0 Å². The van der Waals surface area contributed by atoms with Gasteiger partial charge in [-0.25, -0.2) is 0 Å². The van der Waals surface area contributed by atoms with Crippen molar-refractivity contribution >= 4 is 11.6 Å². The summed E-state index contributed by atoms with van der Waals surface area (Å²) >= 11 is 0. The molecule has 1 amide bonds. The lowest BCUT2D eigenvalue weighted by Crippen LogP contribution is -2.12. The Kier molecular flexibility index (Phi) is 4.13. The molecule has 0 saturated carbocycles. The minimum Gasteiger partial charge on any atom is -0.491 e. The van der Waals surface area contributed by atoms with Crippen molar-refractivity contribution < 1.29 is 9.53 Å². The summed E-state index contributed by atoms with van der Waals surface area (Å²) in [5, 5.41) is 2.78. The second-order valence-corrected chi connectivity index (χ2v) is 4.39. The van der Waals surface area contributed by atoms with Gasteiger partial charge in [0, 0.05) is 11.8 Å². The van der Waals surface area contributed by atoms with E-state index < -0.39 is 0 Å². The molecule has 0 bridgehead atoms. The maximum atomic E-state index is 12.0. The Bertz CT molecular complexity index is 536. The molecule has 0 spiro atoms. The van der Waals surface area contributed by atoms with Gasteiger partial charge in [0.25, 0.3) is 5.91 Å². The van der Waals surface area contributed by atoms with Gasteiger partial charge in [0.2, 0.25) is 0 Å². The monoisotopic (exact) mass is 256 g/mol. The van der Waals surface area contributed by atoms with Gasteiger partial charge in [0.1, 0.15) is 5.75 Å². The lowest BCUT2D eigenvalue weighted by atomic mass is 10.2. The van der Waals surface area contributed by atoms with Gasteiger partial charge < -0.3 is 10.1 Å². The fourth-order valence-corrected chi connectivity index (χ4v) is 1.60. The highest BCUT2D eigenvalue weighted by Gasteiger charge is 2.06. The van der Waals surface area contributed by atoms with E-state index in [2.05, 4.69) is 10.3 Å². The van der Waals surface area contributed by atoms with Crippen molar-refractivity contribution in [3.63, 3.8) is 0 Å². The summed E-state index contributed by atoms with van der Waals surface area (Å²) in [5.41, 5.74) is 1.26. The highest BCUT2D eigenvalue weighted by Crippen LogP contribution is 2.15. The van der Waals surface area contributed by atoms with Crippen LogP contribution >= 0.6 is 0 Å². The first-order valence-electron chi connectivity index (χ1n) is 6.13. The summed E-state index contributed by atoms with van der Waals surface area (Å²) in [7, 11) is 0. The zero-order valence-electron chi connectivity index (χ0n) is 11.0. The Hall–Kier alpha value is -2.36. The van der Waals surface area contributed by atoms with Gasteiger partial charge in [-0.3, -0.25) is 9.78 Å². The van der Waals surface area contributed by atoms with E-state index in [9.17, 15) is 4.79 Å². The zero-order chi connectivity index (χ0) is 13.7. The molecule has 0 radical (unpaired) electrons. The fraction of sp³-hybridized carbons (Fsp3) is 0.200. The molecule has 0 aliphatic rings. The summed E-state index contributed by atoms with van der Waals surface area (Å²) < 4.78 is 5.53. The quantitative estimate of drug-likeness (QED) is 0.914. The summed E-state index contributed by atoms with van der Waals surface area (Å²) in [6.07, 6.45) is 3.39. The Morgan fingerprint density at radius 2 is 1.95 bits per heavy atom. The number of ether oxygens (including phenoxy) is 1. The number of rotatable bonds is 4. The number of hydrogen-bond acceptors (Lipinski definition) is 3. The Labute approximate surface area is 112 Å². The molecule has 1 aromatic heterocycles. The van der Waals surface area contributed by atoms with Crippen LogP contribution < -0.4 is 10.1 Å². The van der Waals surface area contributed by atoms with Gasteiger partial charge >= 0.3 is 0 Å². The number of carbonyl (C=O) groups excluding carboxylic acids is 1. The third-order valence-corrected chi connectivity index (χ3v) is 2.41. The van der Waals surface area contributed by atoms with E-state index in [0.29, 0.717) is 11.3 Å². The van der Waals surface area contributed by atoms with Crippen molar-refractivity contribution in [1.29, 1.82) is 0 Å².